The number of nitrogens with one attached hydrogen (secondary N) is 1. The molecule has 0 saturated heterocycles. The van der Waals surface area contributed by atoms with E-state index in [1.54, 1.807) is 18.3 Å². The molecule has 2 heterocycles. The summed E-state index contributed by atoms with van der Waals surface area (Å²) in [5, 5.41) is 2.60. The number of rotatable bonds is 5. The fourth-order valence-corrected chi connectivity index (χ4v) is 2.61. The van der Waals surface area contributed by atoms with E-state index >= 15 is 0 Å². The normalized spacial score (nSPS) is 11.9. The number of nitrogens with two attached hydrogens (primary N) is 1. The van der Waals surface area contributed by atoms with Gasteiger partial charge in [0.25, 0.3) is 5.91 Å². The van der Waals surface area contributed by atoms with Gasteiger partial charge in [0.15, 0.2) is 5.82 Å². The third kappa shape index (κ3) is 4.96. The highest BCUT2D eigenvalue weighted by molar-refractivity contribution is 6.24. The van der Waals surface area contributed by atoms with Gasteiger partial charge < -0.3 is 11.1 Å². The SMILES string of the molecule is N/C=C(/C(=O)Nc1cccnc1)c1ncc(Cc2ccc(F)c(C(F)(F)F)c2)cn1. The molecule has 1 amide bonds. The molecule has 6 nitrogen and oxygen atoms in total. The maximum atomic E-state index is 13.4. The van der Waals surface area contributed by atoms with Crippen LogP contribution in [0.4, 0.5) is 23.2 Å². The van der Waals surface area contributed by atoms with Crippen LogP contribution in [0.5, 0.6) is 0 Å². The molecule has 0 radical (unpaired) electrons. The van der Waals surface area contributed by atoms with E-state index in [0.29, 0.717) is 11.3 Å². The first-order valence-electron chi connectivity index (χ1n) is 8.58. The van der Waals surface area contributed by atoms with E-state index < -0.39 is 23.5 Å². The second-order valence-corrected chi connectivity index (χ2v) is 6.18. The third-order valence-electron chi connectivity index (χ3n) is 4.02. The van der Waals surface area contributed by atoms with Crippen molar-refractivity contribution in [1.82, 2.24) is 15.0 Å². The van der Waals surface area contributed by atoms with Gasteiger partial charge >= 0.3 is 6.18 Å². The molecule has 0 atom stereocenters. The average Bonchev–Trinajstić information content (AvgIpc) is 2.71. The van der Waals surface area contributed by atoms with Crippen molar-refractivity contribution in [3.8, 4) is 0 Å². The number of hydrogen-bond donors (Lipinski definition) is 2. The summed E-state index contributed by atoms with van der Waals surface area (Å²) in [6.07, 6.45) is 2.04. The minimum atomic E-state index is -4.79. The number of anilines is 1. The van der Waals surface area contributed by atoms with Crippen molar-refractivity contribution in [2.24, 2.45) is 5.73 Å². The molecular weight excluding hydrogens is 402 g/mol. The van der Waals surface area contributed by atoms with Gasteiger partial charge in [-0.25, -0.2) is 14.4 Å². The number of carbonyl (C=O) groups excluding carboxylic acids is 1. The van der Waals surface area contributed by atoms with E-state index in [1.165, 1.54) is 24.7 Å². The molecule has 0 spiro atoms. The lowest BCUT2D eigenvalue weighted by Crippen LogP contribution is -2.16. The van der Waals surface area contributed by atoms with E-state index in [0.717, 1.165) is 18.3 Å². The van der Waals surface area contributed by atoms with Crippen molar-refractivity contribution < 1.29 is 22.4 Å². The summed E-state index contributed by atoms with van der Waals surface area (Å²) in [7, 11) is 0. The Morgan fingerprint density at radius 2 is 1.83 bits per heavy atom. The topological polar surface area (TPSA) is 93.8 Å². The smallest absolute Gasteiger partial charge is 0.404 e. The van der Waals surface area contributed by atoms with Gasteiger partial charge in [0.1, 0.15) is 5.82 Å². The number of aromatic nitrogens is 3. The number of hydrogen-bond acceptors (Lipinski definition) is 5. The van der Waals surface area contributed by atoms with Gasteiger partial charge in [-0.05, 0) is 35.4 Å². The molecule has 0 fully saturated rings. The first kappa shape index (κ1) is 20.9. The van der Waals surface area contributed by atoms with Gasteiger partial charge in [0.05, 0.1) is 23.0 Å². The molecule has 3 rings (SSSR count). The summed E-state index contributed by atoms with van der Waals surface area (Å²) in [5.41, 5.74) is 5.37. The number of benzene rings is 1. The summed E-state index contributed by atoms with van der Waals surface area (Å²) >= 11 is 0. The van der Waals surface area contributed by atoms with Crippen LogP contribution in [0.1, 0.15) is 22.5 Å². The monoisotopic (exact) mass is 417 g/mol. The van der Waals surface area contributed by atoms with Crippen molar-refractivity contribution in [1.29, 1.82) is 0 Å². The van der Waals surface area contributed by atoms with Crippen LogP contribution >= 0.6 is 0 Å². The second kappa shape index (κ2) is 8.68. The molecule has 2 aromatic heterocycles. The molecule has 3 aromatic rings. The van der Waals surface area contributed by atoms with Crippen LogP contribution in [0.2, 0.25) is 0 Å². The van der Waals surface area contributed by atoms with Crippen molar-refractivity contribution in [2.75, 3.05) is 5.32 Å². The summed E-state index contributed by atoms with van der Waals surface area (Å²) in [6, 6.07) is 6.06. The molecule has 1 aromatic carbocycles. The number of amides is 1. The lowest BCUT2D eigenvalue weighted by atomic mass is 10.0. The lowest BCUT2D eigenvalue weighted by molar-refractivity contribution is -0.140. The van der Waals surface area contributed by atoms with Crippen LogP contribution < -0.4 is 11.1 Å². The van der Waals surface area contributed by atoms with Crippen molar-refractivity contribution in [3.63, 3.8) is 0 Å². The van der Waals surface area contributed by atoms with Gasteiger partial charge in [0.2, 0.25) is 0 Å². The molecule has 154 valence electrons. The van der Waals surface area contributed by atoms with Crippen LogP contribution in [0, 0.1) is 5.82 Å². The number of nitrogens with zero attached hydrogens (tertiary/aromatic N) is 3. The summed E-state index contributed by atoms with van der Waals surface area (Å²) in [5.74, 6) is -1.85. The van der Waals surface area contributed by atoms with Gasteiger partial charge in [-0.3, -0.25) is 9.78 Å². The predicted molar refractivity (Wildman–Crippen MR) is 101 cm³/mol. The standard InChI is InChI=1S/C20H15F4N5O/c21-17-4-3-12(7-16(17)20(22,23)24)6-13-9-27-18(28-10-13)15(8-25)19(30)29-14-2-1-5-26-11-14/h1-5,7-11H,6,25H2,(H,29,30)/b15-8+. The lowest BCUT2D eigenvalue weighted by Gasteiger charge is -2.10. The van der Waals surface area contributed by atoms with Crippen molar-refractivity contribution in [3.05, 3.63) is 89.7 Å². The number of alkyl halides is 3. The van der Waals surface area contributed by atoms with Crippen molar-refractivity contribution >= 4 is 17.2 Å². The maximum absolute atomic E-state index is 13.4. The number of carbonyl (C=O) groups is 1. The van der Waals surface area contributed by atoms with E-state index in [1.807, 2.05) is 0 Å². The Morgan fingerprint density at radius 3 is 2.43 bits per heavy atom. The van der Waals surface area contributed by atoms with E-state index in [4.69, 9.17) is 5.73 Å². The summed E-state index contributed by atoms with van der Waals surface area (Å²) < 4.78 is 52.0. The van der Waals surface area contributed by atoms with Gasteiger partial charge in [-0.15, -0.1) is 0 Å². The minimum absolute atomic E-state index is 0.00606. The number of halogens is 4. The average molecular weight is 417 g/mol. The Bertz CT molecular complexity index is 1070. The predicted octanol–water partition coefficient (Wildman–Crippen LogP) is 3.56. The molecule has 10 heteroatoms. The fourth-order valence-electron chi connectivity index (χ4n) is 2.61. The maximum Gasteiger partial charge on any atom is 0.419 e. The zero-order chi connectivity index (χ0) is 21.7. The minimum Gasteiger partial charge on any atom is -0.404 e. The highest BCUT2D eigenvalue weighted by Crippen LogP contribution is 2.32. The van der Waals surface area contributed by atoms with Crippen molar-refractivity contribution in [2.45, 2.75) is 12.6 Å². The molecule has 0 aliphatic carbocycles. The molecule has 0 unspecified atom stereocenters. The van der Waals surface area contributed by atoms with Gasteiger partial charge in [0, 0.05) is 31.2 Å². The summed E-state index contributed by atoms with van der Waals surface area (Å²) in [4.78, 5) is 24.4. The third-order valence-corrected chi connectivity index (χ3v) is 4.02. The van der Waals surface area contributed by atoms with Crippen LogP contribution in [0.3, 0.4) is 0 Å². The fraction of sp³-hybridized carbons (Fsp3) is 0.100. The summed E-state index contributed by atoms with van der Waals surface area (Å²) in [6.45, 7) is 0. The highest BCUT2D eigenvalue weighted by atomic mass is 19.4. The molecule has 0 aliphatic rings. The van der Waals surface area contributed by atoms with Gasteiger partial charge in [-0.2, -0.15) is 13.2 Å². The number of pyridine rings is 1. The Balaban J connectivity index is 1.75. The first-order valence-corrected chi connectivity index (χ1v) is 8.58. The Labute approximate surface area is 168 Å². The zero-order valence-corrected chi connectivity index (χ0v) is 15.3. The van der Waals surface area contributed by atoms with E-state index in [-0.39, 0.29) is 23.4 Å². The van der Waals surface area contributed by atoms with Crippen LogP contribution in [0.15, 0.2) is 61.3 Å². The van der Waals surface area contributed by atoms with Crippen LogP contribution in [-0.4, -0.2) is 20.9 Å². The van der Waals surface area contributed by atoms with E-state index in [9.17, 15) is 22.4 Å². The molecule has 0 aliphatic heterocycles. The highest BCUT2D eigenvalue weighted by Gasteiger charge is 2.34. The largest absolute Gasteiger partial charge is 0.419 e. The molecule has 3 N–H and O–H groups in total. The van der Waals surface area contributed by atoms with Crippen LogP contribution in [0.25, 0.3) is 5.57 Å². The molecular formula is C20H15F4N5O. The van der Waals surface area contributed by atoms with E-state index in [2.05, 4.69) is 20.3 Å². The Hall–Kier alpha value is -3.82. The second-order valence-electron chi connectivity index (χ2n) is 6.18. The Kier molecular flexibility index (Phi) is 6.05. The molecule has 0 saturated carbocycles. The van der Waals surface area contributed by atoms with Gasteiger partial charge in [-0.1, -0.05) is 6.07 Å². The molecule has 0 bridgehead atoms. The Morgan fingerprint density at radius 1 is 1.10 bits per heavy atom. The molecule has 30 heavy (non-hydrogen) atoms. The first-order chi connectivity index (χ1) is 14.3. The zero-order valence-electron chi connectivity index (χ0n) is 15.3. The quantitative estimate of drug-likeness (QED) is 0.489. The van der Waals surface area contributed by atoms with Crippen LogP contribution in [-0.2, 0) is 17.4 Å².